The summed E-state index contributed by atoms with van der Waals surface area (Å²) in [5.74, 6) is -1.05. The monoisotopic (exact) mass is 413 g/mol. The van der Waals surface area contributed by atoms with E-state index in [9.17, 15) is 18.4 Å². The zero-order valence-corrected chi connectivity index (χ0v) is 15.7. The van der Waals surface area contributed by atoms with Crippen molar-refractivity contribution in [3.8, 4) is 11.5 Å². The molecule has 0 unspecified atom stereocenters. The molecule has 2 rings (SSSR count). The van der Waals surface area contributed by atoms with Gasteiger partial charge in [0.05, 0.1) is 13.5 Å². The second kappa shape index (κ2) is 10.5. The Labute approximate surface area is 165 Å². The molecule has 28 heavy (non-hydrogen) atoms. The number of amides is 1. The minimum absolute atomic E-state index is 0.0211. The molecule has 0 saturated carbocycles. The fourth-order valence-electron chi connectivity index (χ4n) is 2.23. The molecule has 0 aliphatic rings. The summed E-state index contributed by atoms with van der Waals surface area (Å²) in [7, 11) is 1.32. The molecule has 0 fully saturated rings. The van der Waals surface area contributed by atoms with Crippen LogP contribution in [-0.2, 0) is 27.3 Å². The molecule has 0 aliphatic heterocycles. The molecular formula is C19H18ClF2NO5. The lowest BCUT2D eigenvalue weighted by Crippen LogP contribution is -2.28. The number of benzene rings is 2. The summed E-state index contributed by atoms with van der Waals surface area (Å²) in [5.41, 5.74) is 1.31. The lowest BCUT2D eigenvalue weighted by molar-refractivity contribution is -0.147. The molecule has 2 aromatic carbocycles. The molecular weight excluding hydrogens is 396 g/mol. The van der Waals surface area contributed by atoms with Crippen LogP contribution in [0, 0.1) is 0 Å². The van der Waals surface area contributed by atoms with Crippen LogP contribution in [0.15, 0.2) is 42.5 Å². The van der Waals surface area contributed by atoms with Crippen molar-refractivity contribution in [3.05, 3.63) is 58.6 Å². The number of nitrogens with one attached hydrogen (secondary N) is 1. The molecule has 150 valence electrons. The normalized spacial score (nSPS) is 10.5. The SMILES string of the molecule is COc1cc(CNC(=O)COC(=O)Cc2ccc(Cl)cc2)ccc1OC(F)F. The predicted molar refractivity (Wildman–Crippen MR) is 97.6 cm³/mol. The average Bonchev–Trinajstić information content (AvgIpc) is 2.67. The Balaban J connectivity index is 1.78. The number of methoxy groups -OCH3 is 1. The van der Waals surface area contributed by atoms with Gasteiger partial charge in [-0.3, -0.25) is 9.59 Å². The first-order chi connectivity index (χ1) is 13.4. The molecule has 0 bridgehead atoms. The Morgan fingerprint density at radius 3 is 2.39 bits per heavy atom. The Morgan fingerprint density at radius 1 is 1.07 bits per heavy atom. The maximum atomic E-state index is 12.3. The van der Waals surface area contributed by atoms with Gasteiger partial charge in [-0.1, -0.05) is 29.8 Å². The summed E-state index contributed by atoms with van der Waals surface area (Å²) in [6.07, 6.45) is 0.0211. The van der Waals surface area contributed by atoms with E-state index in [1.807, 2.05) is 0 Å². The Hall–Kier alpha value is -2.87. The molecule has 0 spiro atoms. The third kappa shape index (κ3) is 7.03. The molecule has 1 amide bonds. The van der Waals surface area contributed by atoms with Crippen LogP contribution < -0.4 is 14.8 Å². The van der Waals surface area contributed by atoms with Gasteiger partial charge in [-0.15, -0.1) is 0 Å². The van der Waals surface area contributed by atoms with Crippen LogP contribution in [-0.4, -0.2) is 32.2 Å². The molecule has 0 aliphatic carbocycles. The smallest absolute Gasteiger partial charge is 0.387 e. The Bertz CT molecular complexity index is 814. The van der Waals surface area contributed by atoms with E-state index in [2.05, 4.69) is 10.1 Å². The minimum atomic E-state index is -2.97. The second-order valence-corrected chi connectivity index (χ2v) is 6.04. The average molecular weight is 414 g/mol. The van der Waals surface area contributed by atoms with Gasteiger partial charge in [0, 0.05) is 11.6 Å². The van der Waals surface area contributed by atoms with Crippen molar-refractivity contribution < 1.29 is 32.6 Å². The highest BCUT2D eigenvalue weighted by Gasteiger charge is 2.12. The van der Waals surface area contributed by atoms with Crippen molar-refractivity contribution in [2.45, 2.75) is 19.6 Å². The van der Waals surface area contributed by atoms with Gasteiger partial charge in [-0.2, -0.15) is 8.78 Å². The maximum absolute atomic E-state index is 12.3. The first kappa shape index (κ1) is 21.4. The van der Waals surface area contributed by atoms with E-state index in [-0.39, 0.29) is 24.5 Å². The summed E-state index contributed by atoms with van der Waals surface area (Å²) in [6, 6.07) is 11.0. The molecule has 1 N–H and O–H groups in total. The number of carbonyl (C=O) groups is 2. The van der Waals surface area contributed by atoms with Crippen LogP contribution in [0.25, 0.3) is 0 Å². The van der Waals surface area contributed by atoms with Gasteiger partial charge in [0.2, 0.25) is 0 Å². The van der Waals surface area contributed by atoms with Gasteiger partial charge < -0.3 is 19.5 Å². The van der Waals surface area contributed by atoms with Crippen LogP contribution in [0.2, 0.25) is 5.02 Å². The van der Waals surface area contributed by atoms with Crippen LogP contribution in [0.5, 0.6) is 11.5 Å². The number of carbonyl (C=O) groups excluding carboxylic acids is 2. The Kier molecular flexibility index (Phi) is 8.01. The van der Waals surface area contributed by atoms with Crippen LogP contribution in [0.4, 0.5) is 8.78 Å². The number of ether oxygens (including phenoxy) is 3. The third-order valence-corrected chi connectivity index (χ3v) is 3.81. The lowest BCUT2D eigenvalue weighted by Gasteiger charge is -2.12. The molecule has 0 radical (unpaired) electrons. The summed E-state index contributed by atoms with van der Waals surface area (Å²) < 4.78 is 38.9. The lowest BCUT2D eigenvalue weighted by atomic mass is 10.1. The summed E-state index contributed by atoms with van der Waals surface area (Å²) in [4.78, 5) is 23.6. The quantitative estimate of drug-likeness (QED) is 0.638. The number of esters is 1. The van der Waals surface area contributed by atoms with E-state index in [1.165, 1.54) is 25.3 Å². The number of halogens is 3. The van der Waals surface area contributed by atoms with Gasteiger partial charge in [-0.05, 0) is 35.4 Å². The summed E-state index contributed by atoms with van der Waals surface area (Å²) >= 11 is 5.77. The summed E-state index contributed by atoms with van der Waals surface area (Å²) in [6.45, 7) is -3.31. The van der Waals surface area contributed by atoms with Crippen LogP contribution in [0.3, 0.4) is 0 Å². The number of hydrogen-bond donors (Lipinski definition) is 1. The predicted octanol–water partition coefficient (Wildman–Crippen LogP) is 3.35. The molecule has 6 nitrogen and oxygen atoms in total. The standard InChI is InChI=1S/C19H18ClF2NO5/c1-26-16-8-13(4-7-15(16)28-19(21)22)10-23-17(24)11-27-18(25)9-12-2-5-14(20)6-3-12/h2-8,19H,9-11H2,1H3,(H,23,24). The van der Waals surface area contributed by atoms with E-state index in [1.54, 1.807) is 24.3 Å². The highest BCUT2D eigenvalue weighted by Crippen LogP contribution is 2.29. The molecule has 9 heteroatoms. The van der Waals surface area contributed by atoms with Crippen molar-refractivity contribution in [3.63, 3.8) is 0 Å². The van der Waals surface area contributed by atoms with Crippen molar-refractivity contribution in [1.29, 1.82) is 0 Å². The fraction of sp³-hybridized carbons (Fsp3) is 0.263. The second-order valence-electron chi connectivity index (χ2n) is 5.60. The van der Waals surface area contributed by atoms with E-state index >= 15 is 0 Å². The first-order valence-electron chi connectivity index (χ1n) is 8.16. The van der Waals surface area contributed by atoms with Gasteiger partial charge in [0.1, 0.15) is 0 Å². The van der Waals surface area contributed by atoms with E-state index in [0.717, 1.165) is 0 Å². The first-order valence-corrected chi connectivity index (χ1v) is 8.53. The van der Waals surface area contributed by atoms with Crippen LogP contribution in [0.1, 0.15) is 11.1 Å². The molecule has 2 aromatic rings. The number of hydrogen-bond acceptors (Lipinski definition) is 5. The zero-order valence-electron chi connectivity index (χ0n) is 14.9. The maximum Gasteiger partial charge on any atom is 0.387 e. The largest absolute Gasteiger partial charge is 0.493 e. The van der Waals surface area contributed by atoms with Crippen molar-refractivity contribution in [2.24, 2.45) is 0 Å². The highest BCUT2D eigenvalue weighted by molar-refractivity contribution is 6.30. The number of alkyl halides is 2. The van der Waals surface area contributed by atoms with Gasteiger partial charge in [-0.25, -0.2) is 0 Å². The van der Waals surface area contributed by atoms with Crippen molar-refractivity contribution >= 4 is 23.5 Å². The van der Waals surface area contributed by atoms with E-state index in [0.29, 0.717) is 16.1 Å². The Morgan fingerprint density at radius 2 is 1.75 bits per heavy atom. The van der Waals surface area contributed by atoms with E-state index < -0.39 is 25.1 Å². The van der Waals surface area contributed by atoms with Crippen LogP contribution >= 0.6 is 11.6 Å². The third-order valence-electron chi connectivity index (χ3n) is 3.56. The van der Waals surface area contributed by atoms with Gasteiger partial charge >= 0.3 is 12.6 Å². The zero-order chi connectivity index (χ0) is 20.5. The highest BCUT2D eigenvalue weighted by atomic mass is 35.5. The molecule has 0 saturated heterocycles. The summed E-state index contributed by atoms with van der Waals surface area (Å²) in [5, 5.41) is 3.12. The topological polar surface area (TPSA) is 73.9 Å². The molecule has 0 atom stereocenters. The minimum Gasteiger partial charge on any atom is -0.493 e. The fourth-order valence-corrected chi connectivity index (χ4v) is 2.36. The van der Waals surface area contributed by atoms with Crippen molar-refractivity contribution in [1.82, 2.24) is 5.32 Å². The van der Waals surface area contributed by atoms with Crippen molar-refractivity contribution in [2.75, 3.05) is 13.7 Å². The van der Waals surface area contributed by atoms with E-state index in [4.69, 9.17) is 21.1 Å². The molecule has 0 aromatic heterocycles. The number of rotatable bonds is 9. The molecule has 0 heterocycles. The van der Waals surface area contributed by atoms with Gasteiger partial charge in [0.25, 0.3) is 5.91 Å². The van der Waals surface area contributed by atoms with Gasteiger partial charge in [0.15, 0.2) is 18.1 Å².